The lowest BCUT2D eigenvalue weighted by Gasteiger charge is -2.30. The van der Waals surface area contributed by atoms with Crippen LogP contribution < -0.4 is 5.32 Å². The van der Waals surface area contributed by atoms with Gasteiger partial charge in [0.2, 0.25) is 0 Å². The number of halogens is 2. The molecular formula is C14H19Cl2NO. The van der Waals surface area contributed by atoms with Crippen molar-refractivity contribution < 1.29 is 4.79 Å². The van der Waals surface area contributed by atoms with Gasteiger partial charge in [-0.05, 0) is 43.5 Å². The van der Waals surface area contributed by atoms with Crippen LogP contribution in [0.25, 0.3) is 0 Å². The standard InChI is InChI=1S/C14H19Cl2NO/c1-4-14(5-2,9-15)17-13(18)11-6-7-12(16)10(3)8-11/h6-8H,4-5,9H2,1-3H3,(H,17,18). The Balaban J connectivity index is 2.90. The Morgan fingerprint density at radius 1 is 1.33 bits per heavy atom. The first-order valence-electron chi connectivity index (χ1n) is 6.12. The molecule has 0 bridgehead atoms. The summed E-state index contributed by atoms with van der Waals surface area (Å²) in [6.45, 7) is 5.94. The van der Waals surface area contributed by atoms with E-state index in [0.29, 0.717) is 16.5 Å². The molecule has 0 heterocycles. The number of aryl methyl sites for hydroxylation is 1. The van der Waals surface area contributed by atoms with E-state index in [4.69, 9.17) is 23.2 Å². The van der Waals surface area contributed by atoms with Crippen LogP contribution >= 0.6 is 23.2 Å². The Hall–Kier alpha value is -0.730. The molecule has 1 amide bonds. The lowest BCUT2D eigenvalue weighted by molar-refractivity contribution is 0.0902. The molecule has 2 nitrogen and oxygen atoms in total. The molecule has 1 aromatic carbocycles. The van der Waals surface area contributed by atoms with Gasteiger partial charge in [0.1, 0.15) is 0 Å². The molecule has 0 aliphatic heterocycles. The topological polar surface area (TPSA) is 29.1 Å². The van der Waals surface area contributed by atoms with Gasteiger partial charge in [0.15, 0.2) is 0 Å². The first kappa shape index (κ1) is 15.3. The molecule has 0 aromatic heterocycles. The maximum atomic E-state index is 12.2. The third-order valence-electron chi connectivity index (χ3n) is 3.41. The fourth-order valence-electron chi connectivity index (χ4n) is 1.75. The Labute approximate surface area is 119 Å². The van der Waals surface area contributed by atoms with Crippen LogP contribution in [-0.2, 0) is 0 Å². The lowest BCUT2D eigenvalue weighted by Crippen LogP contribution is -2.49. The number of alkyl halides is 1. The molecule has 0 saturated heterocycles. The van der Waals surface area contributed by atoms with Gasteiger partial charge in [0.05, 0.1) is 5.54 Å². The smallest absolute Gasteiger partial charge is 0.251 e. The minimum Gasteiger partial charge on any atom is -0.345 e. The van der Waals surface area contributed by atoms with Crippen LogP contribution in [0.4, 0.5) is 0 Å². The van der Waals surface area contributed by atoms with Gasteiger partial charge in [-0.3, -0.25) is 4.79 Å². The molecule has 0 spiro atoms. The van der Waals surface area contributed by atoms with Gasteiger partial charge in [-0.15, -0.1) is 11.6 Å². The van der Waals surface area contributed by atoms with Crippen molar-refractivity contribution in [3.63, 3.8) is 0 Å². The SMILES string of the molecule is CCC(CC)(CCl)NC(=O)c1ccc(Cl)c(C)c1. The van der Waals surface area contributed by atoms with E-state index in [-0.39, 0.29) is 11.4 Å². The van der Waals surface area contributed by atoms with Crippen LogP contribution in [0.2, 0.25) is 5.02 Å². The fourth-order valence-corrected chi connectivity index (χ4v) is 2.31. The summed E-state index contributed by atoms with van der Waals surface area (Å²) in [5, 5.41) is 3.70. The quantitative estimate of drug-likeness (QED) is 0.809. The number of hydrogen-bond acceptors (Lipinski definition) is 1. The Bertz CT molecular complexity index is 420. The maximum absolute atomic E-state index is 12.2. The third-order valence-corrected chi connectivity index (χ3v) is 4.34. The summed E-state index contributed by atoms with van der Waals surface area (Å²) >= 11 is 11.9. The largest absolute Gasteiger partial charge is 0.345 e. The van der Waals surface area contributed by atoms with E-state index in [9.17, 15) is 4.79 Å². The highest BCUT2D eigenvalue weighted by molar-refractivity contribution is 6.31. The average Bonchev–Trinajstić information content (AvgIpc) is 2.39. The van der Waals surface area contributed by atoms with Crippen molar-refractivity contribution in [3.05, 3.63) is 34.3 Å². The first-order valence-corrected chi connectivity index (χ1v) is 7.04. The molecule has 0 radical (unpaired) electrons. The Morgan fingerprint density at radius 3 is 2.39 bits per heavy atom. The van der Waals surface area contributed by atoms with Gasteiger partial charge < -0.3 is 5.32 Å². The van der Waals surface area contributed by atoms with E-state index in [1.54, 1.807) is 18.2 Å². The van der Waals surface area contributed by atoms with Gasteiger partial charge >= 0.3 is 0 Å². The summed E-state index contributed by atoms with van der Waals surface area (Å²) in [4.78, 5) is 12.2. The summed E-state index contributed by atoms with van der Waals surface area (Å²) in [5.41, 5.74) is 1.19. The van der Waals surface area contributed by atoms with E-state index >= 15 is 0 Å². The molecule has 0 aliphatic rings. The number of amides is 1. The molecule has 1 aromatic rings. The second-order valence-corrected chi connectivity index (χ2v) is 5.21. The number of carbonyl (C=O) groups excluding carboxylic acids is 1. The molecule has 0 atom stereocenters. The Kier molecular flexibility index (Phi) is 5.48. The predicted molar refractivity (Wildman–Crippen MR) is 77.7 cm³/mol. The molecule has 18 heavy (non-hydrogen) atoms. The van der Waals surface area contributed by atoms with Crippen LogP contribution in [-0.4, -0.2) is 17.3 Å². The molecular weight excluding hydrogens is 269 g/mol. The highest BCUT2D eigenvalue weighted by atomic mass is 35.5. The van der Waals surface area contributed by atoms with Gasteiger partial charge in [0.25, 0.3) is 5.91 Å². The van der Waals surface area contributed by atoms with Crippen molar-refractivity contribution in [1.82, 2.24) is 5.32 Å². The molecule has 4 heteroatoms. The number of benzene rings is 1. The first-order chi connectivity index (χ1) is 8.48. The fraction of sp³-hybridized carbons (Fsp3) is 0.500. The van der Waals surface area contributed by atoms with Crippen LogP contribution in [0.1, 0.15) is 42.6 Å². The average molecular weight is 288 g/mol. The van der Waals surface area contributed by atoms with Crippen LogP contribution in [0.15, 0.2) is 18.2 Å². The number of rotatable bonds is 5. The van der Waals surface area contributed by atoms with Crippen molar-refractivity contribution >= 4 is 29.1 Å². The van der Waals surface area contributed by atoms with E-state index in [1.807, 2.05) is 20.8 Å². The number of hydrogen-bond donors (Lipinski definition) is 1. The number of carbonyl (C=O) groups is 1. The second-order valence-electron chi connectivity index (χ2n) is 4.54. The van der Waals surface area contributed by atoms with Crippen molar-refractivity contribution in [2.24, 2.45) is 0 Å². The molecule has 0 aliphatic carbocycles. The summed E-state index contributed by atoms with van der Waals surface area (Å²) in [7, 11) is 0. The zero-order chi connectivity index (χ0) is 13.8. The summed E-state index contributed by atoms with van der Waals surface area (Å²) in [6, 6.07) is 5.27. The van der Waals surface area contributed by atoms with Gasteiger partial charge in [0, 0.05) is 16.5 Å². The van der Waals surface area contributed by atoms with Crippen LogP contribution in [0.3, 0.4) is 0 Å². The Morgan fingerprint density at radius 2 is 1.94 bits per heavy atom. The van der Waals surface area contributed by atoms with E-state index < -0.39 is 0 Å². The van der Waals surface area contributed by atoms with Crippen LogP contribution in [0.5, 0.6) is 0 Å². The number of nitrogens with one attached hydrogen (secondary N) is 1. The van der Waals surface area contributed by atoms with E-state index in [0.717, 1.165) is 18.4 Å². The maximum Gasteiger partial charge on any atom is 0.251 e. The van der Waals surface area contributed by atoms with Crippen molar-refractivity contribution in [3.8, 4) is 0 Å². The summed E-state index contributed by atoms with van der Waals surface area (Å²) in [6.07, 6.45) is 1.62. The highest BCUT2D eigenvalue weighted by Gasteiger charge is 2.27. The minimum absolute atomic E-state index is 0.0980. The second kappa shape index (κ2) is 6.44. The predicted octanol–water partition coefficient (Wildman–Crippen LogP) is 4.18. The minimum atomic E-state index is -0.327. The van der Waals surface area contributed by atoms with Gasteiger partial charge in [-0.2, -0.15) is 0 Å². The molecule has 0 fully saturated rings. The normalized spacial score (nSPS) is 11.4. The molecule has 100 valence electrons. The molecule has 0 unspecified atom stereocenters. The summed E-state index contributed by atoms with van der Waals surface area (Å²) in [5.74, 6) is 0.317. The molecule has 1 rings (SSSR count). The van der Waals surface area contributed by atoms with Crippen molar-refractivity contribution in [2.45, 2.75) is 39.2 Å². The molecule has 1 N–H and O–H groups in total. The van der Waals surface area contributed by atoms with E-state index in [1.165, 1.54) is 0 Å². The highest BCUT2D eigenvalue weighted by Crippen LogP contribution is 2.20. The lowest BCUT2D eigenvalue weighted by atomic mass is 9.94. The van der Waals surface area contributed by atoms with Gasteiger partial charge in [-0.1, -0.05) is 25.4 Å². The zero-order valence-corrected chi connectivity index (χ0v) is 12.5. The monoisotopic (exact) mass is 287 g/mol. The third kappa shape index (κ3) is 3.39. The zero-order valence-electron chi connectivity index (χ0n) is 11.0. The van der Waals surface area contributed by atoms with Crippen LogP contribution in [0, 0.1) is 6.92 Å². The van der Waals surface area contributed by atoms with E-state index in [2.05, 4.69) is 5.32 Å². The van der Waals surface area contributed by atoms with Crippen molar-refractivity contribution in [2.75, 3.05) is 5.88 Å². The van der Waals surface area contributed by atoms with Gasteiger partial charge in [-0.25, -0.2) is 0 Å². The molecule has 0 saturated carbocycles. The summed E-state index contributed by atoms with van der Waals surface area (Å²) < 4.78 is 0. The van der Waals surface area contributed by atoms with Crippen molar-refractivity contribution in [1.29, 1.82) is 0 Å².